The number of aromatic amines is 1. The smallest absolute Gasteiger partial charge is 0.257 e. The minimum atomic E-state index is -3.09. The first-order chi connectivity index (χ1) is 10.9. The van der Waals surface area contributed by atoms with E-state index in [4.69, 9.17) is 4.74 Å². The maximum Gasteiger partial charge on any atom is 0.257 e. The number of amides is 1. The average molecular weight is 336 g/mol. The van der Waals surface area contributed by atoms with Crippen LogP contribution < -0.4 is 15.5 Å². The summed E-state index contributed by atoms with van der Waals surface area (Å²) >= 11 is 0. The van der Waals surface area contributed by atoms with Gasteiger partial charge in [0.15, 0.2) is 9.84 Å². The monoisotopic (exact) mass is 336 g/mol. The largest absolute Gasteiger partial charge is 0.495 e. The third-order valence-electron chi connectivity index (χ3n) is 3.91. The van der Waals surface area contributed by atoms with Crippen molar-refractivity contribution in [2.24, 2.45) is 0 Å². The minimum absolute atomic E-state index is 0.0462. The van der Waals surface area contributed by atoms with Gasteiger partial charge in [-0.25, -0.2) is 8.42 Å². The van der Waals surface area contributed by atoms with E-state index in [0.717, 1.165) is 0 Å². The third-order valence-corrected chi connectivity index (χ3v) is 5.68. The molecule has 1 amide bonds. The van der Waals surface area contributed by atoms with Crippen LogP contribution in [-0.2, 0) is 9.84 Å². The minimum Gasteiger partial charge on any atom is -0.495 e. The molecule has 0 radical (unpaired) electrons. The number of hydrogen-bond donors (Lipinski definition) is 2. The number of carbonyl (C=O) groups is 1. The van der Waals surface area contributed by atoms with Crippen LogP contribution >= 0.6 is 0 Å². The Hall–Kier alpha value is -2.35. The Kier molecular flexibility index (Phi) is 3.85. The number of sulfone groups is 1. The van der Waals surface area contributed by atoms with Gasteiger partial charge in [-0.3, -0.25) is 9.59 Å². The SMILES string of the molecule is COc1cccc2c(=O)c(C(=O)NC3CCS(=O)(=O)C3)c[nH]c12. The normalized spacial score (nSPS) is 19.6. The van der Waals surface area contributed by atoms with Crippen molar-refractivity contribution in [3.05, 3.63) is 40.2 Å². The molecule has 0 spiro atoms. The van der Waals surface area contributed by atoms with E-state index in [9.17, 15) is 18.0 Å². The average Bonchev–Trinajstić information content (AvgIpc) is 2.85. The Bertz CT molecular complexity index is 933. The Morgan fingerprint density at radius 1 is 1.39 bits per heavy atom. The number of fused-ring (bicyclic) bond motifs is 1. The van der Waals surface area contributed by atoms with Crippen molar-refractivity contribution in [1.82, 2.24) is 10.3 Å². The first kappa shape index (κ1) is 15.5. The number of methoxy groups -OCH3 is 1. The highest BCUT2D eigenvalue weighted by atomic mass is 32.2. The van der Waals surface area contributed by atoms with Crippen molar-refractivity contribution in [2.75, 3.05) is 18.6 Å². The van der Waals surface area contributed by atoms with E-state index in [1.165, 1.54) is 13.3 Å². The van der Waals surface area contributed by atoms with Crippen molar-refractivity contribution in [3.63, 3.8) is 0 Å². The molecule has 1 aliphatic rings. The molecule has 2 aromatic rings. The molecule has 0 bridgehead atoms. The van der Waals surface area contributed by atoms with Crippen molar-refractivity contribution >= 4 is 26.6 Å². The van der Waals surface area contributed by atoms with Gasteiger partial charge in [-0.1, -0.05) is 6.07 Å². The predicted octanol–water partition coefficient (Wildman–Crippen LogP) is 0.454. The van der Waals surface area contributed by atoms with Gasteiger partial charge in [0, 0.05) is 12.2 Å². The molecule has 0 saturated carbocycles. The van der Waals surface area contributed by atoms with E-state index < -0.39 is 27.2 Å². The highest BCUT2D eigenvalue weighted by Gasteiger charge is 2.29. The molecule has 1 fully saturated rings. The number of carbonyl (C=O) groups excluding carboxylic acids is 1. The summed E-state index contributed by atoms with van der Waals surface area (Å²) < 4.78 is 28.1. The van der Waals surface area contributed by atoms with E-state index in [-0.39, 0.29) is 17.1 Å². The summed E-state index contributed by atoms with van der Waals surface area (Å²) in [5.41, 5.74) is 0.0473. The van der Waals surface area contributed by atoms with Crippen molar-refractivity contribution in [2.45, 2.75) is 12.5 Å². The van der Waals surface area contributed by atoms with E-state index in [1.54, 1.807) is 18.2 Å². The molecule has 2 N–H and O–H groups in total. The highest BCUT2D eigenvalue weighted by Crippen LogP contribution is 2.21. The molecular formula is C15H16N2O5S. The fourth-order valence-electron chi connectivity index (χ4n) is 2.73. The topological polar surface area (TPSA) is 105 Å². The molecule has 23 heavy (non-hydrogen) atoms. The summed E-state index contributed by atoms with van der Waals surface area (Å²) in [6.07, 6.45) is 1.69. The lowest BCUT2D eigenvalue weighted by Gasteiger charge is -2.11. The lowest BCUT2D eigenvalue weighted by Crippen LogP contribution is -2.38. The van der Waals surface area contributed by atoms with Crippen molar-refractivity contribution in [1.29, 1.82) is 0 Å². The Morgan fingerprint density at radius 2 is 2.17 bits per heavy atom. The van der Waals surface area contributed by atoms with Gasteiger partial charge >= 0.3 is 0 Å². The Morgan fingerprint density at radius 3 is 2.83 bits per heavy atom. The molecule has 1 unspecified atom stereocenters. The summed E-state index contributed by atoms with van der Waals surface area (Å²) in [4.78, 5) is 27.7. The number of ether oxygens (including phenoxy) is 1. The van der Waals surface area contributed by atoms with Crippen LogP contribution in [0.15, 0.2) is 29.2 Å². The van der Waals surface area contributed by atoms with Crippen molar-refractivity contribution in [3.8, 4) is 5.75 Å². The zero-order chi connectivity index (χ0) is 16.6. The van der Waals surface area contributed by atoms with Crippen LogP contribution in [0.5, 0.6) is 5.75 Å². The third kappa shape index (κ3) is 2.94. The van der Waals surface area contributed by atoms with Crippen LogP contribution in [0.3, 0.4) is 0 Å². The summed E-state index contributed by atoms with van der Waals surface area (Å²) in [6, 6.07) is 4.53. The molecule has 1 saturated heterocycles. The molecular weight excluding hydrogens is 320 g/mol. The van der Waals surface area contributed by atoms with Crippen LogP contribution in [0, 0.1) is 0 Å². The van der Waals surface area contributed by atoms with Gasteiger partial charge in [-0.15, -0.1) is 0 Å². The Labute approximate surface area is 132 Å². The van der Waals surface area contributed by atoms with Gasteiger partial charge < -0.3 is 15.0 Å². The van der Waals surface area contributed by atoms with Crippen LogP contribution in [0.4, 0.5) is 0 Å². The van der Waals surface area contributed by atoms with Gasteiger partial charge in [0.2, 0.25) is 5.43 Å². The molecule has 1 aromatic carbocycles. The molecule has 122 valence electrons. The zero-order valence-corrected chi connectivity index (χ0v) is 13.3. The second kappa shape index (κ2) is 5.69. The number of H-pyrrole nitrogens is 1. The molecule has 1 atom stereocenters. The highest BCUT2D eigenvalue weighted by molar-refractivity contribution is 7.91. The lowest BCUT2D eigenvalue weighted by molar-refractivity contribution is 0.0940. The van der Waals surface area contributed by atoms with E-state index >= 15 is 0 Å². The number of nitrogens with one attached hydrogen (secondary N) is 2. The van der Waals surface area contributed by atoms with Gasteiger partial charge in [0.05, 0.1) is 29.5 Å². The number of pyridine rings is 1. The molecule has 8 heteroatoms. The number of benzene rings is 1. The van der Waals surface area contributed by atoms with E-state index in [2.05, 4.69) is 10.3 Å². The molecule has 2 heterocycles. The molecule has 0 aliphatic carbocycles. The molecule has 7 nitrogen and oxygen atoms in total. The van der Waals surface area contributed by atoms with Crippen molar-refractivity contribution < 1.29 is 17.9 Å². The van der Waals surface area contributed by atoms with Crippen LogP contribution in [0.25, 0.3) is 10.9 Å². The van der Waals surface area contributed by atoms with E-state index in [0.29, 0.717) is 23.1 Å². The summed E-state index contributed by atoms with van der Waals surface area (Å²) in [5.74, 6) is -0.0899. The second-order valence-corrected chi connectivity index (χ2v) is 7.72. The van der Waals surface area contributed by atoms with E-state index in [1.807, 2.05) is 0 Å². The van der Waals surface area contributed by atoms with Gasteiger partial charge in [0.25, 0.3) is 5.91 Å². The van der Waals surface area contributed by atoms with Gasteiger partial charge in [-0.05, 0) is 18.6 Å². The fourth-order valence-corrected chi connectivity index (χ4v) is 4.41. The van der Waals surface area contributed by atoms with Gasteiger partial charge in [-0.2, -0.15) is 0 Å². The Balaban J connectivity index is 1.93. The number of aromatic nitrogens is 1. The molecule has 1 aliphatic heterocycles. The summed E-state index contributed by atoms with van der Waals surface area (Å²) in [7, 11) is -1.60. The maximum atomic E-state index is 12.5. The van der Waals surface area contributed by atoms with Crippen LogP contribution in [-0.4, -0.2) is 44.0 Å². The quantitative estimate of drug-likeness (QED) is 0.847. The van der Waals surface area contributed by atoms with Gasteiger partial charge in [0.1, 0.15) is 11.3 Å². The first-order valence-corrected chi connectivity index (χ1v) is 8.93. The molecule has 1 aromatic heterocycles. The zero-order valence-electron chi connectivity index (χ0n) is 12.5. The fraction of sp³-hybridized carbons (Fsp3) is 0.333. The summed E-state index contributed by atoms with van der Waals surface area (Å²) in [6.45, 7) is 0. The lowest BCUT2D eigenvalue weighted by atomic mass is 10.1. The second-order valence-electron chi connectivity index (χ2n) is 5.49. The number of para-hydroxylation sites is 1. The number of hydrogen-bond acceptors (Lipinski definition) is 5. The predicted molar refractivity (Wildman–Crippen MR) is 85.6 cm³/mol. The maximum absolute atomic E-state index is 12.5. The first-order valence-electron chi connectivity index (χ1n) is 7.11. The number of rotatable bonds is 3. The standard InChI is InChI=1S/C15H16N2O5S/c1-22-12-4-2-3-10-13(12)16-7-11(14(10)18)15(19)17-9-5-6-23(20,21)8-9/h2-4,7,9H,5-6,8H2,1H3,(H,16,18)(H,17,19). The van der Waals surface area contributed by atoms with Crippen LogP contribution in [0.2, 0.25) is 0 Å². The molecule has 3 rings (SSSR count). The summed E-state index contributed by atoms with van der Waals surface area (Å²) in [5, 5.41) is 2.96. The van der Waals surface area contributed by atoms with Crippen LogP contribution in [0.1, 0.15) is 16.8 Å².